The van der Waals surface area contributed by atoms with Crippen LogP contribution in [-0.2, 0) is 9.59 Å². The van der Waals surface area contributed by atoms with Crippen molar-refractivity contribution in [3.8, 4) is 0 Å². The van der Waals surface area contributed by atoms with Gasteiger partial charge in [0, 0.05) is 26.6 Å². The molecule has 2 rings (SSSR count). The number of nitrogens with zero attached hydrogens (tertiary/aromatic N) is 1. The van der Waals surface area contributed by atoms with Gasteiger partial charge < -0.3 is 15.5 Å². The van der Waals surface area contributed by atoms with Crippen LogP contribution in [0.2, 0.25) is 0 Å². The highest BCUT2D eigenvalue weighted by Crippen LogP contribution is 2.13. The lowest BCUT2D eigenvalue weighted by atomic mass is 10.1. The van der Waals surface area contributed by atoms with Gasteiger partial charge in [-0.1, -0.05) is 30.3 Å². The van der Waals surface area contributed by atoms with Crippen molar-refractivity contribution in [2.24, 2.45) is 0 Å². The molecule has 0 spiro atoms. The number of imide groups is 1. The molecule has 1 heterocycles. The molecule has 1 aromatic carbocycles. The molecule has 24 heavy (non-hydrogen) atoms. The summed E-state index contributed by atoms with van der Waals surface area (Å²) in [6.07, 6.45) is 2.31. The van der Waals surface area contributed by atoms with E-state index in [-0.39, 0.29) is 5.91 Å². The zero-order valence-electron chi connectivity index (χ0n) is 13.9. The van der Waals surface area contributed by atoms with Crippen LogP contribution >= 0.6 is 0 Å². The summed E-state index contributed by atoms with van der Waals surface area (Å²) in [7, 11) is 1.46. The Morgan fingerprint density at radius 3 is 2.62 bits per heavy atom. The van der Waals surface area contributed by atoms with E-state index in [2.05, 4.69) is 16.0 Å². The van der Waals surface area contributed by atoms with Gasteiger partial charge in [0.25, 0.3) is 0 Å². The molecule has 3 N–H and O–H groups in total. The van der Waals surface area contributed by atoms with Crippen molar-refractivity contribution in [3.63, 3.8) is 0 Å². The molecule has 1 fully saturated rings. The molecule has 7 heteroatoms. The third-order valence-corrected chi connectivity index (χ3v) is 3.98. The number of hydrogen-bond acceptors (Lipinski definition) is 4. The first kappa shape index (κ1) is 17.9. The highest BCUT2D eigenvalue weighted by Gasteiger charge is 2.22. The molecule has 0 unspecified atom stereocenters. The minimum atomic E-state index is -0.613. The third kappa shape index (κ3) is 5.06. The molecular formula is C17H24N4O3. The molecule has 1 atom stereocenters. The number of urea groups is 1. The first-order chi connectivity index (χ1) is 11.6. The first-order valence-electron chi connectivity index (χ1n) is 8.20. The van der Waals surface area contributed by atoms with Crippen molar-refractivity contribution in [2.45, 2.75) is 25.3 Å². The molecule has 0 bridgehead atoms. The number of nitrogens with one attached hydrogen (secondary N) is 3. The van der Waals surface area contributed by atoms with E-state index in [1.165, 1.54) is 7.05 Å². The summed E-state index contributed by atoms with van der Waals surface area (Å²) in [5.74, 6) is -0.204. The summed E-state index contributed by atoms with van der Waals surface area (Å²) in [6.45, 7) is 2.08. The number of carbonyl (C=O) groups is 3. The van der Waals surface area contributed by atoms with Crippen molar-refractivity contribution in [1.29, 1.82) is 0 Å². The van der Waals surface area contributed by atoms with Gasteiger partial charge in [0.05, 0.1) is 0 Å². The number of likely N-dealkylation sites (tertiary alicyclic amines) is 1. The van der Waals surface area contributed by atoms with E-state index in [0.29, 0.717) is 19.5 Å². The lowest BCUT2D eigenvalue weighted by molar-refractivity contribution is -0.128. The second kappa shape index (κ2) is 9.02. The van der Waals surface area contributed by atoms with Gasteiger partial charge in [-0.05, 0) is 24.9 Å². The fraction of sp³-hybridized carbons (Fsp3) is 0.471. The van der Waals surface area contributed by atoms with E-state index in [1.54, 1.807) is 0 Å². The average Bonchev–Trinajstić information content (AvgIpc) is 3.00. The van der Waals surface area contributed by atoms with Crippen molar-refractivity contribution in [1.82, 2.24) is 20.9 Å². The van der Waals surface area contributed by atoms with Crippen LogP contribution in [0.15, 0.2) is 30.3 Å². The smallest absolute Gasteiger partial charge is 0.321 e. The van der Waals surface area contributed by atoms with E-state index in [9.17, 15) is 14.4 Å². The van der Waals surface area contributed by atoms with Gasteiger partial charge in [-0.15, -0.1) is 0 Å². The number of amides is 4. The van der Waals surface area contributed by atoms with Crippen LogP contribution in [-0.4, -0.2) is 49.4 Å². The fourth-order valence-electron chi connectivity index (χ4n) is 2.71. The second-order valence-electron chi connectivity index (χ2n) is 5.70. The zero-order valence-corrected chi connectivity index (χ0v) is 13.9. The van der Waals surface area contributed by atoms with Crippen LogP contribution < -0.4 is 16.0 Å². The van der Waals surface area contributed by atoms with E-state index in [0.717, 1.165) is 24.9 Å². The van der Waals surface area contributed by atoms with Crippen LogP contribution in [0.4, 0.5) is 4.79 Å². The maximum absolute atomic E-state index is 12.3. The predicted molar refractivity (Wildman–Crippen MR) is 90.2 cm³/mol. The van der Waals surface area contributed by atoms with E-state index in [1.807, 2.05) is 35.2 Å². The lowest BCUT2D eigenvalue weighted by Crippen LogP contribution is -2.44. The third-order valence-electron chi connectivity index (χ3n) is 3.98. The molecule has 4 amide bonds. The summed E-state index contributed by atoms with van der Waals surface area (Å²) in [6, 6.07) is 8.09. The maximum Gasteiger partial charge on any atom is 0.321 e. The standard InChI is InChI=1S/C17H24N4O3/c1-18-17(24)20-16(23)15(13-7-3-2-4-8-13)19-10-6-12-21-11-5-9-14(21)22/h2-4,7-8,15,19H,5-6,9-12H2,1H3,(H2,18,20,23,24)/t15-/m1/s1. The van der Waals surface area contributed by atoms with Crippen molar-refractivity contribution in [3.05, 3.63) is 35.9 Å². The van der Waals surface area contributed by atoms with Gasteiger partial charge in [-0.25, -0.2) is 4.79 Å². The highest BCUT2D eigenvalue weighted by atomic mass is 16.2. The molecule has 0 radical (unpaired) electrons. The van der Waals surface area contributed by atoms with Crippen molar-refractivity contribution < 1.29 is 14.4 Å². The van der Waals surface area contributed by atoms with Gasteiger partial charge in [0.1, 0.15) is 6.04 Å². The Morgan fingerprint density at radius 2 is 2.00 bits per heavy atom. The normalized spacial score (nSPS) is 15.2. The van der Waals surface area contributed by atoms with Crippen LogP contribution in [0.5, 0.6) is 0 Å². The van der Waals surface area contributed by atoms with E-state index >= 15 is 0 Å². The largest absolute Gasteiger partial charge is 0.343 e. The first-order valence-corrected chi connectivity index (χ1v) is 8.20. The minimum Gasteiger partial charge on any atom is -0.343 e. The highest BCUT2D eigenvalue weighted by molar-refractivity contribution is 5.97. The van der Waals surface area contributed by atoms with Gasteiger partial charge in [0.15, 0.2) is 0 Å². The molecule has 1 aliphatic heterocycles. The van der Waals surface area contributed by atoms with E-state index < -0.39 is 18.0 Å². The van der Waals surface area contributed by atoms with Crippen molar-refractivity contribution >= 4 is 17.8 Å². The molecule has 0 aromatic heterocycles. The molecule has 0 saturated carbocycles. The van der Waals surface area contributed by atoms with Crippen LogP contribution in [0.25, 0.3) is 0 Å². The summed E-state index contributed by atoms with van der Waals surface area (Å²) in [5.41, 5.74) is 0.788. The Balaban J connectivity index is 1.89. The minimum absolute atomic E-state index is 0.201. The van der Waals surface area contributed by atoms with Crippen LogP contribution in [0.1, 0.15) is 30.9 Å². The Labute approximate surface area is 141 Å². The summed E-state index contributed by atoms with van der Waals surface area (Å²) in [4.78, 5) is 37.1. The summed E-state index contributed by atoms with van der Waals surface area (Å²) in [5, 5.41) is 7.84. The number of hydrogen-bond donors (Lipinski definition) is 3. The predicted octanol–water partition coefficient (Wildman–Crippen LogP) is 0.785. The van der Waals surface area contributed by atoms with Crippen LogP contribution in [0, 0.1) is 0 Å². The molecule has 1 saturated heterocycles. The second-order valence-corrected chi connectivity index (χ2v) is 5.70. The topological polar surface area (TPSA) is 90.5 Å². The van der Waals surface area contributed by atoms with Gasteiger partial charge in [-0.3, -0.25) is 14.9 Å². The Hall–Kier alpha value is -2.41. The Bertz CT molecular complexity index is 576. The molecule has 7 nitrogen and oxygen atoms in total. The Morgan fingerprint density at radius 1 is 1.25 bits per heavy atom. The van der Waals surface area contributed by atoms with Gasteiger partial charge >= 0.3 is 6.03 Å². The zero-order chi connectivity index (χ0) is 17.4. The average molecular weight is 332 g/mol. The molecule has 130 valence electrons. The van der Waals surface area contributed by atoms with Gasteiger partial charge in [0.2, 0.25) is 11.8 Å². The monoisotopic (exact) mass is 332 g/mol. The SMILES string of the molecule is CNC(=O)NC(=O)[C@H](NCCCN1CCCC1=O)c1ccccc1. The van der Waals surface area contributed by atoms with Crippen LogP contribution in [0.3, 0.4) is 0 Å². The quantitative estimate of drug-likeness (QED) is 0.644. The van der Waals surface area contributed by atoms with Gasteiger partial charge in [-0.2, -0.15) is 0 Å². The fourth-order valence-corrected chi connectivity index (χ4v) is 2.71. The molecule has 1 aliphatic rings. The lowest BCUT2D eigenvalue weighted by Gasteiger charge is -2.20. The summed E-state index contributed by atoms with van der Waals surface area (Å²) >= 11 is 0. The Kier molecular flexibility index (Phi) is 6.74. The number of benzene rings is 1. The van der Waals surface area contributed by atoms with Crippen molar-refractivity contribution in [2.75, 3.05) is 26.7 Å². The molecule has 0 aliphatic carbocycles. The molecule has 1 aromatic rings. The number of carbonyl (C=O) groups excluding carboxylic acids is 3. The molecular weight excluding hydrogens is 308 g/mol. The summed E-state index contributed by atoms with van der Waals surface area (Å²) < 4.78 is 0. The number of rotatable bonds is 7. The maximum atomic E-state index is 12.3. The van der Waals surface area contributed by atoms with E-state index in [4.69, 9.17) is 0 Å².